The third-order valence-electron chi connectivity index (χ3n) is 11.9. The van der Waals surface area contributed by atoms with Crippen molar-refractivity contribution < 1.29 is 4.42 Å². The molecule has 0 amide bonds. The molecule has 0 bridgehead atoms. The fourth-order valence-electron chi connectivity index (χ4n) is 8.74. The first-order valence-electron chi connectivity index (χ1n) is 20.8. The van der Waals surface area contributed by atoms with E-state index in [2.05, 4.69) is 199 Å². The third kappa shape index (κ3) is 6.23. The Hall–Kier alpha value is -8.41. The van der Waals surface area contributed by atoms with Crippen molar-refractivity contribution in [3.63, 3.8) is 0 Å². The lowest BCUT2D eigenvalue weighted by Crippen LogP contribution is -2.00. The van der Waals surface area contributed by atoms with Gasteiger partial charge in [-0.25, -0.2) is 15.0 Å². The van der Waals surface area contributed by atoms with Crippen molar-refractivity contribution in [1.82, 2.24) is 19.5 Å². The molecular weight excluding hydrogens is 757 g/mol. The van der Waals surface area contributed by atoms with Crippen molar-refractivity contribution >= 4 is 43.7 Å². The van der Waals surface area contributed by atoms with Crippen molar-refractivity contribution in [3.8, 4) is 73.2 Å². The van der Waals surface area contributed by atoms with Gasteiger partial charge in [0.1, 0.15) is 11.2 Å². The molecule has 0 N–H and O–H groups in total. The van der Waals surface area contributed by atoms with Crippen LogP contribution in [-0.4, -0.2) is 19.5 Å². The van der Waals surface area contributed by atoms with Crippen LogP contribution in [0.1, 0.15) is 0 Å². The molecule has 12 aromatic rings. The van der Waals surface area contributed by atoms with Crippen LogP contribution in [0.2, 0.25) is 0 Å². The van der Waals surface area contributed by atoms with Crippen LogP contribution in [0, 0.1) is 0 Å². The molecule has 0 aliphatic rings. The van der Waals surface area contributed by atoms with Gasteiger partial charge in [0.15, 0.2) is 17.5 Å². The number of nitrogens with zero attached hydrogens (tertiary/aromatic N) is 4. The van der Waals surface area contributed by atoms with Gasteiger partial charge in [-0.2, -0.15) is 0 Å². The summed E-state index contributed by atoms with van der Waals surface area (Å²) in [5.41, 5.74) is 14.6. The number of aromatic nitrogens is 4. The molecule has 0 saturated carbocycles. The van der Waals surface area contributed by atoms with Crippen LogP contribution in [0.15, 0.2) is 223 Å². The van der Waals surface area contributed by atoms with Gasteiger partial charge in [0, 0.05) is 50.0 Å². The summed E-state index contributed by atoms with van der Waals surface area (Å²) in [6, 6.07) is 76.4. The molecule has 9 aromatic carbocycles. The molecule has 0 spiro atoms. The molecule has 0 aliphatic heterocycles. The molecule has 12 rings (SSSR count). The summed E-state index contributed by atoms with van der Waals surface area (Å²) in [5.74, 6) is 1.82. The summed E-state index contributed by atoms with van der Waals surface area (Å²) in [6.07, 6.45) is 0. The molecule has 0 saturated heterocycles. The predicted octanol–water partition coefficient (Wildman–Crippen LogP) is 14.9. The summed E-state index contributed by atoms with van der Waals surface area (Å²) in [7, 11) is 0. The zero-order chi connectivity index (χ0) is 41.0. The van der Waals surface area contributed by atoms with E-state index < -0.39 is 0 Å². The monoisotopic (exact) mass is 792 g/mol. The normalized spacial score (nSPS) is 11.5. The second kappa shape index (κ2) is 14.7. The Balaban J connectivity index is 0.978. The van der Waals surface area contributed by atoms with Crippen molar-refractivity contribution in [2.75, 3.05) is 0 Å². The van der Waals surface area contributed by atoms with Crippen LogP contribution in [0.4, 0.5) is 0 Å². The van der Waals surface area contributed by atoms with E-state index in [4.69, 9.17) is 19.4 Å². The Morgan fingerprint density at radius 2 is 0.677 bits per heavy atom. The topological polar surface area (TPSA) is 56.7 Å². The Morgan fingerprint density at radius 3 is 1.26 bits per heavy atom. The molecule has 5 nitrogen and oxygen atoms in total. The fourth-order valence-corrected chi connectivity index (χ4v) is 8.74. The Bertz CT molecular complexity index is 3590. The average molecular weight is 793 g/mol. The first-order chi connectivity index (χ1) is 30.7. The average Bonchev–Trinajstić information content (AvgIpc) is 3.89. The van der Waals surface area contributed by atoms with E-state index in [1.165, 1.54) is 16.5 Å². The zero-order valence-corrected chi connectivity index (χ0v) is 33.5. The Labute approximate surface area is 357 Å². The van der Waals surface area contributed by atoms with Crippen molar-refractivity contribution in [2.24, 2.45) is 0 Å². The second-order valence-electron chi connectivity index (χ2n) is 15.6. The highest BCUT2D eigenvalue weighted by Gasteiger charge is 2.18. The van der Waals surface area contributed by atoms with E-state index in [0.29, 0.717) is 17.5 Å². The minimum absolute atomic E-state index is 0.601. The summed E-state index contributed by atoms with van der Waals surface area (Å²) in [4.78, 5) is 15.5. The Kier molecular flexibility index (Phi) is 8.42. The van der Waals surface area contributed by atoms with E-state index in [1.807, 2.05) is 24.3 Å². The van der Waals surface area contributed by atoms with Gasteiger partial charge in [0.2, 0.25) is 0 Å². The number of fused-ring (bicyclic) bond motifs is 6. The zero-order valence-electron chi connectivity index (χ0n) is 33.5. The van der Waals surface area contributed by atoms with Gasteiger partial charge in [-0.1, -0.05) is 182 Å². The molecule has 62 heavy (non-hydrogen) atoms. The van der Waals surface area contributed by atoms with E-state index in [9.17, 15) is 0 Å². The van der Waals surface area contributed by atoms with Crippen LogP contribution in [-0.2, 0) is 0 Å². The second-order valence-corrected chi connectivity index (χ2v) is 15.6. The molecular formula is C57H36N4O. The quantitative estimate of drug-likeness (QED) is 0.161. The highest BCUT2D eigenvalue weighted by atomic mass is 16.3. The first kappa shape index (κ1) is 35.5. The van der Waals surface area contributed by atoms with Crippen LogP contribution in [0.3, 0.4) is 0 Å². The maximum atomic E-state index is 6.36. The first-order valence-corrected chi connectivity index (χ1v) is 20.8. The number of hydrogen-bond acceptors (Lipinski definition) is 4. The number of hydrogen-bond donors (Lipinski definition) is 0. The third-order valence-corrected chi connectivity index (χ3v) is 11.9. The molecule has 290 valence electrons. The van der Waals surface area contributed by atoms with Gasteiger partial charge in [-0.3, -0.25) is 0 Å². The molecule has 5 heteroatoms. The summed E-state index contributed by atoms with van der Waals surface area (Å²) in [5, 5.41) is 4.53. The number of rotatable bonds is 7. The lowest BCUT2D eigenvalue weighted by molar-refractivity contribution is 0.668. The van der Waals surface area contributed by atoms with Crippen LogP contribution >= 0.6 is 0 Å². The summed E-state index contributed by atoms with van der Waals surface area (Å²) >= 11 is 0. The standard InChI is InChI=1S/C57H36N4O/c1-3-11-37(12-4-1)39-19-21-41(22-20-39)42-25-29-44(30-26-42)56-58-55(43-27-23-40(24-28-43)38-13-5-2-6-14-38)59-57(60-56)45-31-33-48-47-15-7-9-17-51(47)61(52(48)35-45)46-32-34-50-49-16-8-10-18-53(49)62-54(50)36-46/h1-36H. The van der Waals surface area contributed by atoms with Gasteiger partial charge in [0.25, 0.3) is 0 Å². The lowest BCUT2D eigenvalue weighted by atomic mass is 9.99. The molecule has 3 heterocycles. The van der Waals surface area contributed by atoms with Gasteiger partial charge in [-0.15, -0.1) is 0 Å². The van der Waals surface area contributed by atoms with Crippen molar-refractivity contribution in [1.29, 1.82) is 0 Å². The van der Waals surface area contributed by atoms with Gasteiger partial charge in [-0.05, 0) is 63.7 Å². The SMILES string of the molecule is c1ccc(-c2ccc(-c3ccc(-c4nc(-c5ccc(-c6ccccc6)cc5)nc(-c5ccc6c7ccccc7n(-c7ccc8c(c7)oc7ccccc78)c6c5)n4)cc3)cc2)cc1. The largest absolute Gasteiger partial charge is 0.456 e. The molecule has 0 aliphatic carbocycles. The summed E-state index contributed by atoms with van der Waals surface area (Å²) < 4.78 is 8.68. The molecule has 0 fully saturated rings. The van der Waals surface area contributed by atoms with E-state index >= 15 is 0 Å². The fraction of sp³-hybridized carbons (Fsp3) is 0. The van der Waals surface area contributed by atoms with Gasteiger partial charge >= 0.3 is 0 Å². The predicted molar refractivity (Wildman–Crippen MR) is 254 cm³/mol. The van der Waals surface area contributed by atoms with Crippen molar-refractivity contribution in [3.05, 3.63) is 218 Å². The van der Waals surface area contributed by atoms with Gasteiger partial charge in [0.05, 0.1) is 11.0 Å². The van der Waals surface area contributed by atoms with Gasteiger partial charge < -0.3 is 8.98 Å². The smallest absolute Gasteiger partial charge is 0.164 e. The highest BCUT2D eigenvalue weighted by Crippen LogP contribution is 2.38. The Morgan fingerprint density at radius 1 is 0.274 bits per heavy atom. The number of furan rings is 1. The molecule has 3 aromatic heterocycles. The molecule has 0 unspecified atom stereocenters. The van der Waals surface area contributed by atoms with E-state index in [-0.39, 0.29) is 0 Å². The van der Waals surface area contributed by atoms with E-state index in [0.717, 1.165) is 83.0 Å². The maximum Gasteiger partial charge on any atom is 0.164 e. The van der Waals surface area contributed by atoms with E-state index in [1.54, 1.807) is 0 Å². The number of benzene rings is 9. The molecule has 0 radical (unpaired) electrons. The highest BCUT2D eigenvalue weighted by molar-refractivity contribution is 6.11. The van der Waals surface area contributed by atoms with Crippen LogP contribution in [0.5, 0.6) is 0 Å². The molecule has 0 atom stereocenters. The number of para-hydroxylation sites is 2. The lowest BCUT2D eigenvalue weighted by Gasteiger charge is -2.11. The minimum Gasteiger partial charge on any atom is -0.456 e. The van der Waals surface area contributed by atoms with Crippen LogP contribution < -0.4 is 0 Å². The summed E-state index contributed by atoms with van der Waals surface area (Å²) in [6.45, 7) is 0. The maximum absolute atomic E-state index is 6.36. The van der Waals surface area contributed by atoms with Crippen LogP contribution in [0.25, 0.3) is 117 Å². The minimum atomic E-state index is 0.601. The van der Waals surface area contributed by atoms with Crippen molar-refractivity contribution in [2.45, 2.75) is 0 Å².